The number of rotatable bonds is 4. The van der Waals surface area contributed by atoms with Gasteiger partial charge in [0.1, 0.15) is 17.2 Å². The second-order valence-electron chi connectivity index (χ2n) is 4.10. The fourth-order valence-electron chi connectivity index (χ4n) is 1.73. The summed E-state index contributed by atoms with van der Waals surface area (Å²) in [4.78, 5) is 27.9. The minimum Gasteiger partial charge on any atom is -0.466 e. The van der Waals surface area contributed by atoms with Crippen molar-refractivity contribution in [1.29, 1.82) is 0 Å². The van der Waals surface area contributed by atoms with E-state index in [9.17, 15) is 9.59 Å². The predicted octanol–water partition coefficient (Wildman–Crippen LogP) is 3.12. The van der Waals surface area contributed by atoms with Crippen LogP contribution in [-0.4, -0.2) is 16.6 Å². The van der Waals surface area contributed by atoms with Crippen molar-refractivity contribution in [3.63, 3.8) is 0 Å². The summed E-state index contributed by atoms with van der Waals surface area (Å²) in [6.45, 7) is 5.32. The average molecular weight is 263 g/mol. The Bertz CT molecular complexity index is 610. The highest BCUT2D eigenvalue weighted by atomic mass is 32.1. The van der Waals surface area contributed by atoms with Crippen LogP contribution in [0.4, 0.5) is 0 Å². The number of nitrogens with zero attached hydrogens (tertiary/aromatic N) is 1. The lowest BCUT2D eigenvalue weighted by Crippen LogP contribution is -2.09. The van der Waals surface area contributed by atoms with Gasteiger partial charge >= 0.3 is 0 Å². The van der Waals surface area contributed by atoms with Crippen molar-refractivity contribution in [2.75, 3.05) is 0 Å². The third kappa shape index (κ3) is 2.56. The Morgan fingerprint density at radius 3 is 2.50 bits per heavy atom. The number of aromatic nitrogens is 1. The SMILES string of the molecule is Cc1cc(C(=O)CC(=O)c2csc(C)n2)c(C)o1. The highest BCUT2D eigenvalue weighted by Gasteiger charge is 2.19. The van der Waals surface area contributed by atoms with Gasteiger partial charge in [-0.1, -0.05) is 0 Å². The smallest absolute Gasteiger partial charge is 0.189 e. The summed E-state index contributed by atoms with van der Waals surface area (Å²) >= 11 is 1.40. The second-order valence-corrected chi connectivity index (χ2v) is 5.16. The first-order valence-electron chi connectivity index (χ1n) is 5.53. The van der Waals surface area contributed by atoms with Crippen molar-refractivity contribution in [2.24, 2.45) is 0 Å². The number of hydrogen-bond donors (Lipinski definition) is 0. The molecule has 2 aromatic heterocycles. The molecule has 0 aliphatic rings. The Morgan fingerprint density at radius 1 is 1.28 bits per heavy atom. The first kappa shape index (κ1) is 12.7. The molecule has 2 rings (SSSR count). The minimum absolute atomic E-state index is 0.164. The summed E-state index contributed by atoms with van der Waals surface area (Å²) < 4.78 is 5.28. The Labute approximate surface area is 109 Å². The van der Waals surface area contributed by atoms with Crippen molar-refractivity contribution in [3.8, 4) is 0 Å². The third-order valence-corrected chi connectivity index (χ3v) is 3.34. The number of Topliss-reactive ketones (excluding diaryl/α,β-unsaturated/α-hetero) is 2. The van der Waals surface area contributed by atoms with Gasteiger partial charge in [0.15, 0.2) is 11.6 Å². The molecular formula is C13H13NO3S. The number of carbonyl (C=O) groups excluding carboxylic acids is 2. The second kappa shape index (κ2) is 4.86. The molecule has 0 spiro atoms. The van der Waals surface area contributed by atoms with Gasteiger partial charge in [-0.25, -0.2) is 4.98 Å². The molecule has 0 aromatic carbocycles. The topological polar surface area (TPSA) is 60.2 Å². The Hall–Kier alpha value is -1.75. The Balaban J connectivity index is 2.13. The molecule has 0 atom stereocenters. The summed E-state index contributed by atoms with van der Waals surface area (Å²) in [6, 6.07) is 1.66. The number of aryl methyl sites for hydroxylation is 3. The maximum atomic E-state index is 12.0. The lowest BCUT2D eigenvalue weighted by molar-refractivity contribution is 0.0891. The van der Waals surface area contributed by atoms with E-state index in [-0.39, 0.29) is 18.0 Å². The van der Waals surface area contributed by atoms with Crippen molar-refractivity contribution in [2.45, 2.75) is 27.2 Å². The molecular weight excluding hydrogens is 250 g/mol. The number of hydrogen-bond acceptors (Lipinski definition) is 5. The molecule has 0 fully saturated rings. The number of furan rings is 1. The van der Waals surface area contributed by atoms with E-state index in [1.165, 1.54) is 11.3 Å². The van der Waals surface area contributed by atoms with Crippen LogP contribution >= 0.6 is 11.3 Å². The molecule has 0 amide bonds. The van der Waals surface area contributed by atoms with Gasteiger partial charge in [-0.15, -0.1) is 11.3 Å². The molecule has 2 heterocycles. The number of ketones is 2. The minimum atomic E-state index is -0.248. The highest BCUT2D eigenvalue weighted by molar-refractivity contribution is 7.09. The Kier molecular flexibility index (Phi) is 3.43. The van der Waals surface area contributed by atoms with Gasteiger partial charge in [-0.05, 0) is 26.8 Å². The van der Waals surface area contributed by atoms with Crippen LogP contribution in [0.1, 0.15) is 43.8 Å². The van der Waals surface area contributed by atoms with Gasteiger partial charge in [-0.3, -0.25) is 9.59 Å². The molecule has 0 saturated carbocycles. The van der Waals surface area contributed by atoms with Gasteiger partial charge < -0.3 is 4.42 Å². The fourth-order valence-corrected chi connectivity index (χ4v) is 2.35. The molecule has 18 heavy (non-hydrogen) atoms. The van der Waals surface area contributed by atoms with E-state index in [2.05, 4.69) is 4.98 Å². The lowest BCUT2D eigenvalue weighted by atomic mass is 10.1. The van der Waals surface area contributed by atoms with Crippen LogP contribution in [0.15, 0.2) is 15.9 Å². The molecule has 0 N–H and O–H groups in total. The third-order valence-electron chi connectivity index (χ3n) is 2.57. The first-order valence-corrected chi connectivity index (χ1v) is 6.41. The fraction of sp³-hybridized carbons (Fsp3) is 0.308. The zero-order valence-electron chi connectivity index (χ0n) is 10.4. The highest BCUT2D eigenvalue weighted by Crippen LogP contribution is 2.17. The van der Waals surface area contributed by atoms with E-state index in [0.717, 1.165) is 5.01 Å². The van der Waals surface area contributed by atoms with E-state index in [1.807, 2.05) is 6.92 Å². The molecule has 5 heteroatoms. The Morgan fingerprint density at radius 2 is 2.00 bits per heavy atom. The van der Waals surface area contributed by atoms with Crippen LogP contribution in [0.3, 0.4) is 0 Å². The van der Waals surface area contributed by atoms with Crippen LogP contribution < -0.4 is 0 Å². The molecule has 0 unspecified atom stereocenters. The average Bonchev–Trinajstić information content (AvgIpc) is 2.84. The van der Waals surface area contributed by atoms with E-state index >= 15 is 0 Å². The van der Waals surface area contributed by atoms with Gasteiger partial charge in [0.2, 0.25) is 0 Å². The molecule has 0 bridgehead atoms. The maximum absolute atomic E-state index is 12.0. The number of carbonyl (C=O) groups is 2. The monoisotopic (exact) mass is 263 g/mol. The van der Waals surface area contributed by atoms with E-state index in [1.54, 1.807) is 25.3 Å². The van der Waals surface area contributed by atoms with Gasteiger partial charge in [-0.2, -0.15) is 0 Å². The standard InChI is InChI=1S/C13H13NO3S/c1-7-4-10(8(2)17-7)12(15)5-13(16)11-6-18-9(3)14-11/h4,6H,5H2,1-3H3. The van der Waals surface area contributed by atoms with Crippen LogP contribution in [0.25, 0.3) is 0 Å². The largest absolute Gasteiger partial charge is 0.466 e. The van der Waals surface area contributed by atoms with Gasteiger partial charge in [0, 0.05) is 5.38 Å². The molecule has 2 aromatic rings. The first-order chi connectivity index (χ1) is 8.47. The van der Waals surface area contributed by atoms with Gasteiger partial charge in [0.05, 0.1) is 17.0 Å². The predicted molar refractivity (Wildman–Crippen MR) is 68.3 cm³/mol. The molecule has 0 saturated heterocycles. The van der Waals surface area contributed by atoms with Crippen LogP contribution in [-0.2, 0) is 0 Å². The van der Waals surface area contributed by atoms with Crippen LogP contribution in [0, 0.1) is 20.8 Å². The van der Waals surface area contributed by atoms with Crippen molar-refractivity contribution in [3.05, 3.63) is 39.2 Å². The van der Waals surface area contributed by atoms with Crippen molar-refractivity contribution in [1.82, 2.24) is 4.98 Å². The zero-order chi connectivity index (χ0) is 13.3. The quantitative estimate of drug-likeness (QED) is 0.628. The summed E-state index contributed by atoms with van der Waals surface area (Å²) in [7, 11) is 0. The van der Waals surface area contributed by atoms with Crippen molar-refractivity contribution >= 4 is 22.9 Å². The molecule has 4 nitrogen and oxygen atoms in total. The normalized spacial score (nSPS) is 10.6. The van der Waals surface area contributed by atoms with E-state index < -0.39 is 0 Å². The van der Waals surface area contributed by atoms with E-state index in [4.69, 9.17) is 4.42 Å². The molecule has 0 aliphatic carbocycles. The lowest BCUT2D eigenvalue weighted by Gasteiger charge is -1.96. The number of thiazole rings is 1. The van der Waals surface area contributed by atoms with Gasteiger partial charge in [0.25, 0.3) is 0 Å². The summed E-state index contributed by atoms with van der Waals surface area (Å²) in [5, 5.41) is 2.50. The summed E-state index contributed by atoms with van der Waals surface area (Å²) in [6.07, 6.45) is -0.164. The zero-order valence-corrected chi connectivity index (χ0v) is 11.3. The molecule has 94 valence electrons. The summed E-state index contributed by atoms with van der Waals surface area (Å²) in [5.74, 6) is 0.759. The van der Waals surface area contributed by atoms with Crippen molar-refractivity contribution < 1.29 is 14.0 Å². The van der Waals surface area contributed by atoms with Crippen LogP contribution in [0.2, 0.25) is 0 Å². The maximum Gasteiger partial charge on any atom is 0.189 e. The molecule has 0 aliphatic heterocycles. The summed E-state index contributed by atoms with van der Waals surface area (Å²) in [5.41, 5.74) is 0.844. The van der Waals surface area contributed by atoms with E-state index in [0.29, 0.717) is 22.8 Å². The van der Waals surface area contributed by atoms with Crippen LogP contribution in [0.5, 0.6) is 0 Å². The molecule has 0 radical (unpaired) electrons.